The molecule has 28 heavy (non-hydrogen) atoms. The highest BCUT2D eigenvalue weighted by Gasteiger charge is 2.27. The Morgan fingerprint density at radius 2 is 1.75 bits per heavy atom. The van der Waals surface area contributed by atoms with Crippen LogP contribution in [0.25, 0.3) is 0 Å². The molecule has 2 saturated heterocycles. The molecule has 3 rings (SSSR count). The largest absolute Gasteiger partial charge is 0.325 e. The summed E-state index contributed by atoms with van der Waals surface area (Å²) >= 11 is 0. The van der Waals surface area contributed by atoms with Gasteiger partial charge in [-0.25, -0.2) is 8.42 Å². The van der Waals surface area contributed by atoms with E-state index in [2.05, 4.69) is 17.1 Å². The molecule has 6 nitrogen and oxygen atoms in total. The van der Waals surface area contributed by atoms with Crippen molar-refractivity contribution in [1.29, 1.82) is 0 Å². The summed E-state index contributed by atoms with van der Waals surface area (Å²) in [5.74, 6) is -0.0873. The molecule has 1 aromatic carbocycles. The second-order valence-electron chi connectivity index (χ2n) is 8.16. The van der Waals surface area contributed by atoms with Gasteiger partial charge in [-0.15, -0.1) is 0 Å². The maximum atomic E-state index is 13.2. The SMILES string of the molecule is Cc1ccc(NC(=O)CN2CCCCC2C)cc1S(=O)(=O)N1CCCCCC1. The summed E-state index contributed by atoms with van der Waals surface area (Å²) in [6.07, 6.45) is 7.43. The molecule has 2 heterocycles. The molecule has 7 heteroatoms. The van der Waals surface area contributed by atoms with Gasteiger partial charge in [0.05, 0.1) is 11.4 Å². The Kier molecular flexibility index (Phi) is 7.12. The number of aryl methyl sites for hydroxylation is 1. The molecule has 1 aromatic rings. The lowest BCUT2D eigenvalue weighted by molar-refractivity contribution is -0.118. The van der Waals surface area contributed by atoms with Crippen LogP contribution in [0.1, 0.15) is 57.4 Å². The first-order chi connectivity index (χ1) is 13.4. The number of benzene rings is 1. The standard InChI is InChI=1S/C21H33N3O3S/c1-17-10-11-19(22-21(25)16-23-12-8-5-9-18(23)2)15-20(17)28(26,27)24-13-6-3-4-7-14-24/h10-11,15,18H,3-9,12-14,16H2,1-2H3,(H,22,25). The number of nitrogens with zero attached hydrogens (tertiary/aromatic N) is 2. The predicted octanol–water partition coefficient (Wildman–Crippen LogP) is 3.37. The number of hydrogen-bond donors (Lipinski definition) is 1. The molecule has 0 saturated carbocycles. The molecule has 2 fully saturated rings. The van der Waals surface area contributed by atoms with E-state index in [1.54, 1.807) is 22.5 Å². The zero-order valence-corrected chi connectivity index (χ0v) is 17.9. The summed E-state index contributed by atoms with van der Waals surface area (Å²) in [5, 5.41) is 2.90. The van der Waals surface area contributed by atoms with Crippen molar-refractivity contribution in [3.63, 3.8) is 0 Å². The molecule has 2 aliphatic rings. The number of amides is 1. The lowest BCUT2D eigenvalue weighted by Gasteiger charge is -2.32. The van der Waals surface area contributed by atoms with Crippen LogP contribution < -0.4 is 5.32 Å². The maximum absolute atomic E-state index is 13.2. The quantitative estimate of drug-likeness (QED) is 0.812. The number of carbonyl (C=O) groups excluding carboxylic acids is 1. The van der Waals surface area contributed by atoms with E-state index in [-0.39, 0.29) is 5.91 Å². The molecule has 0 spiro atoms. The van der Waals surface area contributed by atoms with E-state index in [0.717, 1.165) is 45.1 Å². The predicted molar refractivity (Wildman–Crippen MR) is 112 cm³/mol. The van der Waals surface area contributed by atoms with Gasteiger partial charge in [0.15, 0.2) is 0 Å². The highest BCUT2D eigenvalue weighted by molar-refractivity contribution is 7.89. The van der Waals surface area contributed by atoms with Gasteiger partial charge in [0.25, 0.3) is 0 Å². The van der Waals surface area contributed by atoms with E-state index in [9.17, 15) is 13.2 Å². The Bertz CT molecular complexity index is 786. The van der Waals surface area contributed by atoms with Crippen molar-refractivity contribution in [2.45, 2.75) is 69.7 Å². The van der Waals surface area contributed by atoms with Crippen LogP contribution in [-0.4, -0.2) is 55.8 Å². The van der Waals surface area contributed by atoms with Gasteiger partial charge in [0.2, 0.25) is 15.9 Å². The van der Waals surface area contributed by atoms with Crippen LogP contribution in [0.5, 0.6) is 0 Å². The Morgan fingerprint density at radius 3 is 2.43 bits per heavy atom. The molecule has 0 radical (unpaired) electrons. The van der Waals surface area contributed by atoms with Gasteiger partial charge in [0.1, 0.15) is 0 Å². The number of piperidine rings is 1. The zero-order chi connectivity index (χ0) is 20.1. The van der Waals surface area contributed by atoms with Crippen LogP contribution in [0.3, 0.4) is 0 Å². The van der Waals surface area contributed by atoms with Gasteiger partial charge in [-0.1, -0.05) is 25.3 Å². The molecule has 0 bridgehead atoms. The summed E-state index contributed by atoms with van der Waals surface area (Å²) in [5.41, 5.74) is 1.26. The molecule has 2 aliphatic heterocycles. The molecule has 1 amide bonds. The Morgan fingerprint density at radius 1 is 1.07 bits per heavy atom. The highest BCUT2D eigenvalue weighted by atomic mass is 32.2. The number of nitrogens with one attached hydrogen (secondary N) is 1. The van der Waals surface area contributed by atoms with E-state index in [1.165, 1.54) is 6.42 Å². The van der Waals surface area contributed by atoms with Crippen LogP contribution in [0, 0.1) is 6.92 Å². The highest BCUT2D eigenvalue weighted by Crippen LogP contribution is 2.26. The Balaban J connectivity index is 1.72. The van der Waals surface area contributed by atoms with Crippen LogP contribution in [0.2, 0.25) is 0 Å². The van der Waals surface area contributed by atoms with Gasteiger partial charge in [-0.3, -0.25) is 9.69 Å². The van der Waals surface area contributed by atoms with Gasteiger partial charge in [-0.2, -0.15) is 4.31 Å². The summed E-state index contributed by atoms with van der Waals surface area (Å²) in [7, 11) is -3.54. The van der Waals surface area contributed by atoms with Crippen molar-refractivity contribution in [1.82, 2.24) is 9.21 Å². The second kappa shape index (κ2) is 9.37. The van der Waals surface area contributed by atoms with Gasteiger partial charge in [0, 0.05) is 24.8 Å². The molecule has 156 valence electrons. The van der Waals surface area contributed by atoms with E-state index < -0.39 is 10.0 Å². The molecular weight excluding hydrogens is 374 g/mol. The van der Waals surface area contributed by atoms with Gasteiger partial charge >= 0.3 is 0 Å². The minimum absolute atomic E-state index is 0.0873. The lowest BCUT2D eigenvalue weighted by Crippen LogP contribution is -2.42. The number of hydrogen-bond acceptors (Lipinski definition) is 4. The first-order valence-electron chi connectivity index (χ1n) is 10.5. The first-order valence-corrected chi connectivity index (χ1v) is 12.0. The number of rotatable bonds is 5. The molecule has 1 unspecified atom stereocenters. The maximum Gasteiger partial charge on any atom is 0.243 e. The Hall–Kier alpha value is -1.44. The third kappa shape index (κ3) is 5.13. The second-order valence-corrected chi connectivity index (χ2v) is 10.1. The van der Waals surface area contributed by atoms with Gasteiger partial charge in [-0.05, 0) is 63.8 Å². The molecular formula is C21H33N3O3S. The van der Waals surface area contributed by atoms with Crippen LogP contribution in [0.15, 0.2) is 23.1 Å². The fraction of sp³-hybridized carbons (Fsp3) is 0.667. The minimum Gasteiger partial charge on any atom is -0.325 e. The third-order valence-electron chi connectivity index (χ3n) is 5.94. The van der Waals surface area contributed by atoms with Crippen LogP contribution >= 0.6 is 0 Å². The smallest absolute Gasteiger partial charge is 0.243 e. The monoisotopic (exact) mass is 407 g/mol. The van der Waals surface area contributed by atoms with E-state index >= 15 is 0 Å². The number of carbonyl (C=O) groups is 1. The minimum atomic E-state index is -3.54. The first kappa shape index (κ1) is 21.3. The molecule has 0 aromatic heterocycles. The lowest BCUT2D eigenvalue weighted by atomic mass is 10.0. The van der Waals surface area contributed by atoms with Crippen LogP contribution in [0.4, 0.5) is 5.69 Å². The van der Waals surface area contributed by atoms with Crippen molar-refractivity contribution < 1.29 is 13.2 Å². The van der Waals surface area contributed by atoms with E-state index in [1.807, 2.05) is 6.92 Å². The van der Waals surface area contributed by atoms with Crippen molar-refractivity contribution in [2.75, 3.05) is 31.5 Å². The molecule has 1 atom stereocenters. The fourth-order valence-corrected chi connectivity index (χ4v) is 5.92. The van der Waals surface area contributed by atoms with Crippen molar-refractivity contribution in [3.05, 3.63) is 23.8 Å². The molecule has 1 N–H and O–H groups in total. The normalized spacial score (nSPS) is 22.6. The van der Waals surface area contributed by atoms with Gasteiger partial charge < -0.3 is 5.32 Å². The zero-order valence-electron chi connectivity index (χ0n) is 17.1. The van der Waals surface area contributed by atoms with Crippen molar-refractivity contribution in [2.24, 2.45) is 0 Å². The Labute approximate surface area is 169 Å². The van der Waals surface area contributed by atoms with E-state index in [0.29, 0.717) is 41.8 Å². The summed E-state index contributed by atoms with van der Waals surface area (Å²) in [6, 6.07) is 5.60. The van der Waals surface area contributed by atoms with Crippen molar-refractivity contribution in [3.8, 4) is 0 Å². The van der Waals surface area contributed by atoms with Crippen LogP contribution in [-0.2, 0) is 14.8 Å². The number of likely N-dealkylation sites (tertiary alicyclic amines) is 1. The van der Waals surface area contributed by atoms with Crippen molar-refractivity contribution >= 4 is 21.6 Å². The number of sulfonamides is 1. The average Bonchev–Trinajstić information content (AvgIpc) is 2.95. The van der Waals surface area contributed by atoms with E-state index in [4.69, 9.17) is 0 Å². The summed E-state index contributed by atoms with van der Waals surface area (Å²) in [4.78, 5) is 15.0. The average molecular weight is 408 g/mol. The number of anilines is 1. The molecule has 0 aliphatic carbocycles. The topological polar surface area (TPSA) is 69.7 Å². The summed E-state index contributed by atoms with van der Waals surface area (Å²) in [6.45, 7) is 6.41. The fourth-order valence-electron chi connectivity index (χ4n) is 4.15. The summed E-state index contributed by atoms with van der Waals surface area (Å²) < 4.78 is 27.9. The third-order valence-corrected chi connectivity index (χ3v) is 7.98.